The van der Waals surface area contributed by atoms with Gasteiger partial charge in [-0.05, 0) is 47.1 Å². The second-order valence-electron chi connectivity index (χ2n) is 7.17. The molecule has 1 rings (SSSR count). The molecule has 1 aliphatic heterocycles. The van der Waals surface area contributed by atoms with E-state index in [1.807, 2.05) is 0 Å². The van der Waals surface area contributed by atoms with Gasteiger partial charge in [-0.3, -0.25) is 0 Å². The summed E-state index contributed by atoms with van der Waals surface area (Å²) in [5.41, 5.74) is 0.948. The number of nitrogens with zero attached hydrogens (tertiary/aromatic N) is 2. The maximum Gasteiger partial charge on any atom is 0.341 e. The van der Waals surface area contributed by atoms with Crippen molar-refractivity contribution in [3.8, 4) is 0 Å². The fourth-order valence-corrected chi connectivity index (χ4v) is 10.1. The van der Waals surface area contributed by atoms with Crippen LogP contribution in [0.5, 0.6) is 0 Å². The Morgan fingerprint density at radius 2 is 1.18 bits per heavy atom. The molecule has 0 radical (unpaired) electrons. The van der Waals surface area contributed by atoms with Crippen molar-refractivity contribution in [2.24, 2.45) is 0 Å². The molecular formula is C13H27BrN2Si. The molecule has 0 saturated heterocycles. The van der Waals surface area contributed by atoms with Gasteiger partial charge in [0.1, 0.15) is 0 Å². The highest BCUT2D eigenvalue weighted by molar-refractivity contribution is 9.25. The smallest absolute Gasteiger partial charge is 0.341 e. The molecule has 0 aliphatic carbocycles. The number of halogens is 1. The first-order chi connectivity index (χ1) is 7.41. The number of hydrogen-bond acceptors (Lipinski definition) is 2. The first kappa shape index (κ1) is 15.1. The molecule has 17 heavy (non-hydrogen) atoms. The highest BCUT2D eigenvalue weighted by Gasteiger charge is 2.54. The van der Waals surface area contributed by atoms with E-state index in [2.05, 4.69) is 92.2 Å². The summed E-state index contributed by atoms with van der Waals surface area (Å²) in [5, 5.41) is 0. The summed E-state index contributed by atoms with van der Waals surface area (Å²) in [6.45, 7) is 18.4. The van der Waals surface area contributed by atoms with Crippen LogP contribution in [-0.4, -0.2) is 27.2 Å². The first-order valence-electron chi connectivity index (χ1n) is 6.38. The van der Waals surface area contributed by atoms with Crippen molar-refractivity contribution in [3.63, 3.8) is 0 Å². The lowest BCUT2D eigenvalue weighted by Crippen LogP contribution is -2.65. The van der Waals surface area contributed by atoms with Crippen molar-refractivity contribution in [2.45, 2.75) is 72.0 Å². The highest BCUT2D eigenvalue weighted by Crippen LogP contribution is 2.45. The van der Waals surface area contributed by atoms with Crippen LogP contribution in [0.4, 0.5) is 0 Å². The Hall–Kier alpha value is 0.0369. The Balaban J connectivity index is 3.21. The van der Waals surface area contributed by atoms with Gasteiger partial charge in [-0.1, -0.05) is 29.1 Å². The molecular weight excluding hydrogens is 292 g/mol. The van der Waals surface area contributed by atoms with E-state index in [0.29, 0.717) is 5.54 Å². The Bertz CT molecular complexity index is 288. The third kappa shape index (κ3) is 2.57. The average molecular weight is 319 g/mol. The second-order valence-corrected chi connectivity index (χ2v) is 14.1. The molecule has 0 atom stereocenters. The van der Waals surface area contributed by atoms with Crippen molar-refractivity contribution in [3.05, 3.63) is 12.4 Å². The molecule has 0 aromatic rings. The molecule has 0 amide bonds. The van der Waals surface area contributed by atoms with Gasteiger partial charge in [0.15, 0.2) is 0 Å². The molecule has 0 unspecified atom stereocenters. The van der Waals surface area contributed by atoms with Crippen LogP contribution in [0.25, 0.3) is 0 Å². The minimum atomic E-state index is -1.83. The summed E-state index contributed by atoms with van der Waals surface area (Å²) in [4.78, 5) is 0. The molecule has 0 aromatic heterocycles. The summed E-state index contributed by atoms with van der Waals surface area (Å²) in [6.07, 6.45) is 4.54. The molecule has 2 nitrogen and oxygen atoms in total. The van der Waals surface area contributed by atoms with Crippen LogP contribution in [0, 0.1) is 0 Å². The zero-order valence-corrected chi connectivity index (χ0v) is 15.1. The van der Waals surface area contributed by atoms with Crippen molar-refractivity contribution >= 4 is 22.3 Å². The molecule has 0 aromatic carbocycles. The van der Waals surface area contributed by atoms with Gasteiger partial charge < -0.3 is 9.13 Å². The average Bonchev–Trinajstić information content (AvgIpc) is 2.41. The summed E-state index contributed by atoms with van der Waals surface area (Å²) in [7, 11) is -1.83. The van der Waals surface area contributed by atoms with E-state index in [-0.39, 0.29) is 11.1 Å². The lowest BCUT2D eigenvalue weighted by molar-refractivity contribution is 0.270. The number of hydrogen-bond donors (Lipinski definition) is 0. The quantitative estimate of drug-likeness (QED) is 0.521. The standard InChI is InChI=1S/C13H27BrN2Si/c1-11(2)17(14)15(12(3,4)5)9-10-16(17)13(6,7)8/h9-11H,1-8H3. The maximum absolute atomic E-state index is 4.14. The normalized spacial score (nSPS) is 20.6. The molecule has 1 aliphatic rings. The minimum absolute atomic E-state index is 0.163. The van der Waals surface area contributed by atoms with Gasteiger partial charge >= 0.3 is 7.02 Å². The van der Waals surface area contributed by atoms with E-state index in [0.717, 1.165) is 0 Å². The van der Waals surface area contributed by atoms with Gasteiger partial charge in [-0.25, -0.2) is 0 Å². The molecule has 100 valence electrons. The molecule has 0 fully saturated rings. The van der Waals surface area contributed by atoms with Crippen LogP contribution in [0.3, 0.4) is 0 Å². The van der Waals surface area contributed by atoms with Crippen LogP contribution in [-0.2, 0) is 0 Å². The van der Waals surface area contributed by atoms with Gasteiger partial charge in [-0.2, -0.15) is 0 Å². The number of rotatable bonds is 1. The van der Waals surface area contributed by atoms with Gasteiger partial charge in [0.05, 0.1) is 0 Å². The lowest BCUT2D eigenvalue weighted by atomic mass is 10.1. The van der Waals surface area contributed by atoms with E-state index < -0.39 is 7.02 Å². The Labute approximate surface area is 116 Å². The summed E-state index contributed by atoms with van der Waals surface area (Å²) in [5.74, 6) is 0. The monoisotopic (exact) mass is 318 g/mol. The third-order valence-electron chi connectivity index (χ3n) is 3.22. The molecule has 0 N–H and O–H groups in total. The van der Waals surface area contributed by atoms with Crippen molar-refractivity contribution in [1.29, 1.82) is 0 Å². The molecule has 4 heteroatoms. The van der Waals surface area contributed by atoms with Gasteiger partial charge in [-0.15, -0.1) is 0 Å². The van der Waals surface area contributed by atoms with Crippen molar-refractivity contribution in [2.75, 3.05) is 0 Å². The third-order valence-corrected chi connectivity index (χ3v) is 12.7. The van der Waals surface area contributed by atoms with Gasteiger partial charge in [0.25, 0.3) is 0 Å². The van der Waals surface area contributed by atoms with Gasteiger partial charge in [0.2, 0.25) is 0 Å². The molecule has 0 spiro atoms. The topological polar surface area (TPSA) is 6.48 Å². The van der Waals surface area contributed by atoms with Crippen LogP contribution >= 0.6 is 15.3 Å². The van der Waals surface area contributed by atoms with E-state index in [4.69, 9.17) is 0 Å². The predicted molar refractivity (Wildman–Crippen MR) is 82.1 cm³/mol. The molecule has 0 saturated carbocycles. The maximum atomic E-state index is 4.14. The zero-order valence-electron chi connectivity index (χ0n) is 12.5. The Kier molecular flexibility index (Phi) is 3.82. The SMILES string of the molecule is CC(C)[Si]1(Br)N(C(C)(C)C)C=CN1C(C)(C)C. The summed E-state index contributed by atoms with van der Waals surface area (Å²) >= 11 is 4.14. The molecule has 0 bridgehead atoms. The van der Waals surface area contributed by atoms with Crippen LogP contribution in [0.2, 0.25) is 5.54 Å². The first-order valence-corrected chi connectivity index (χ1v) is 10.6. The van der Waals surface area contributed by atoms with Gasteiger partial charge in [0, 0.05) is 23.5 Å². The fraction of sp³-hybridized carbons (Fsp3) is 0.846. The largest absolute Gasteiger partial charge is 0.372 e. The van der Waals surface area contributed by atoms with E-state index in [1.54, 1.807) is 0 Å². The van der Waals surface area contributed by atoms with Crippen LogP contribution in [0.15, 0.2) is 12.4 Å². The Morgan fingerprint density at radius 3 is 1.35 bits per heavy atom. The van der Waals surface area contributed by atoms with Crippen molar-refractivity contribution < 1.29 is 0 Å². The highest BCUT2D eigenvalue weighted by atomic mass is 79.9. The van der Waals surface area contributed by atoms with Crippen LogP contribution < -0.4 is 0 Å². The van der Waals surface area contributed by atoms with Crippen LogP contribution in [0.1, 0.15) is 55.4 Å². The van der Waals surface area contributed by atoms with E-state index in [1.165, 1.54) is 0 Å². The minimum Gasteiger partial charge on any atom is -0.372 e. The Morgan fingerprint density at radius 1 is 0.882 bits per heavy atom. The summed E-state index contributed by atoms with van der Waals surface area (Å²) in [6, 6.07) is 0. The van der Waals surface area contributed by atoms with E-state index >= 15 is 0 Å². The fourth-order valence-electron chi connectivity index (χ4n) is 2.40. The second kappa shape index (κ2) is 4.30. The zero-order chi connectivity index (χ0) is 13.6. The summed E-state index contributed by atoms with van der Waals surface area (Å²) < 4.78 is 5.10. The lowest BCUT2D eigenvalue weighted by Gasteiger charge is -2.51. The molecule has 1 heterocycles. The van der Waals surface area contributed by atoms with E-state index in [9.17, 15) is 0 Å². The van der Waals surface area contributed by atoms with Crippen molar-refractivity contribution in [1.82, 2.24) is 9.13 Å². The predicted octanol–water partition coefficient (Wildman–Crippen LogP) is 4.42.